The first-order valence-corrected chi connectivity index (χ1v) is 11.3. The summed E-state index contributed by atoms with van der Waals surface area (Å²) < 4.78 is 10.2. The van der Waals surface area contributed by atoms with Crippen molar-refractivity contribution in [2.75, 3.05) is 26.3 Å². The van der Waals surface area contributed by atoms with Gasteiger partial charge in [0.2, 0.25) is 0 Å². The zero-order valence-corrected chi connectivity index (χ0v) is 19.8. The number of carboxylic acid groups (broad SMARTS) is 1. The van der Waals surface area contributed by atoms with E-state index in [0.717, 1.165) is 5.56 Å². The number of hydrogen-bond acceptors (Lipinski definition) is 7. The highest BCUT2D eigenvalue weighted by molar-refractivity contribution is 5.97. The maximum absolute atomic E-state index is 12.4. The lowest BCUT2D eigenvalue weighted by Crippen LogP contribution is -2.48. The fourth-order valence-electron chi connectivity index (χ4n) is 2.84. The van der Waals surface area contributed by atoms with Crippen LogP contribution in [-0.4, -0.2) is 66.6 Å². The van der Waals surface area contributed by atoms with E-state index in [1.165, 1.54) is 18.2 Å². The summed E-state index contributed by atoms with van der Waals surface area (Å²) in [5, 5.41) is 29.2. The van der Waals surface area contributed by atoms with Crippen molar-refractivity contribution in [1.29, 1.82) is 0 Å². The number of amides is 4. The minimum atomic E-state index is -1.42. The van der Waals surface area contributed by atoms with Crippen LogP contribution in [0.15, 0.2) is 48.5 Å². The average Bonchev–Trinajstić information content (AvgIpc) is 2.86. The highest BCUT2D eigenvalue weighted by Gasteiger charge is 2.22. The number of nitrogens with one attached hydrogen (secondary N) is 4. The quantitative estimate of drug-likeness (QED) is 0.224. The van der Waals surface area contributed by atoms with Gasteiger partial charge in [0.15, 0.2) is 0 Å². The standard InChI is InChI=1S/C24H30N4O8/c1-2-11-36-24(34)28-19(22(31)32)15-26-21(30)18-9-8-17(13-20(18)29)35-12-10-25-23(33)27-14-16-6-4-3-5-7-16/h3-9,13,19,29H,2,10-12,14-15H2,1H3,(H,26,30)(H,28,34)(H,31,32)(H2,25,27,33)/t19-/m0/s1. The van der Waals surface area contributed by atoms with Gasteiger partial charge in [-0.15, -0.1) is 0 Å². The van der Waals surface area contributed by atoms with Gasteiger partial charge in [0.1, 0.15) is 24.1 Å². The van der Waals surface area contributed by atoms with Crippen LogP contribution in [0, 0.1) is 0 Å². The number of carboxylic acids is 1. The van der Waals surface area contributed by atoms with Crippen molar-refractivity contribution in [3.63, 3.8) is 0 Å². The van der Waals surface area contributed by atoms with Gasteiger partial charge in [0, 0.05) is 19.2 Å². The number of phenolic OH excluding ortho intramolecular Hbond substituents is 1. The fourth-order valence-corrected chi connectivity index (χ4v) is 2.84. The molecule has 12 heteroatoms. The monoisotopic (exact) mass is 502 g/mol. The molecule has 4 amide bonds. The van der Waals surface area contributed by atoms with E-state index < -0.39 is 30.6 Å². The molecule has 6 N–H and O–H groups in total. The van der Waals surface area contributed by atoms with Crippen LogP contribution in [0.1, 0.15) is 29.3 Å². The van der Waals surface area contributed by atoms with Crippen LogP contribution in [0.4, 0.5) is 9.59 Å². The van der Waals surface area contributed by atoms with Gasteiger partial charge in [-0.25, -0.2) is 14.4 Å². The van der Waals surface area contributed by atoms with Crippen LogP contribution in [0.2, 0.25) is 0 Å². The molecule has 0 fully saturated rings. The Labute approximate surface area is 208 Å². The van der Waals surface area contributed by atoms with Gasteiger partial charge in [0.05, 0.1) is 18.7 Å². The highest BCUT2D eigenvalue weighted by Crippen LogP contribution is 2.23. The first kappa shape index (κ1) is 27.8. The molecular formula is C24H30N4O8. The third-order valence-corrected chi connectivity index (χ3v) is 4.66. The second-order valence-corrected chi connectivity index (χ2v) is 7.50. The molecule has 2 aromatic rings. The first-order valence-electron chi connectivity index (χ1n) is 11.3. The summed E-state index contributed by atoms with van der Waals surface area (Å²) in [6, 6.07) is 11.6. The third kappa shape index (κ3) is 9.79. The Hall–Kier alpha value is -4.48. The van der Waals surface area contributed by atoms with E-state index in [1.807, 2.05) is 30.3 Å². The average molecular weight is 503 g/mol. The minimum absolute atomic E-state index is 0.113. The summed E-state index contributed by atoms with van der Waals surface area (Å²) >= 11 is 0. The van der Waals surface area contributed by atoms with Gasteiger partial charge in [0.25, 0.3) is 5.91 Å². The maximum atomic E-state index is 12.4. The van der Waals surface area contributed by atoms with E-state index in [2.05, 4.69) is 21.3 Å². The van der Waals surface area contributed by atoms with Crippen molar-refractivity contribution in [1.82, 2.24) is 21.3 Å². The van der Waals surface area contributed by atoms with Gasteiger partial charge in [-0.1, -0.05) is 37.3 Å². The second-order valence-electron chi connectivity index (χ2n) is 7.50. The largest absolute Gasteiger partial charge is 0.507 e. The molecule has 2 rings (SSSR count). The number of phenols is 1. The number of alkyl carbamates (subject to hydrolysis) is 1. The van der Waals surface area contributed by atoms with Crippen LogP contribution in [0.25, 0.3) is 0 Å². The number of carbonyl (C=O) groups excluding carboxylic acids is 3. The molecule has 36 heavy (non-hydrogen) atoms. The maximum Gasteiger partial charge on any atom is 0.407 e. The molecule has 0 saturated carbocycles. The van der Waals surface area contributed by atoms with Crippen LogP contribution < -0.4 is 26.0 Å². The molecule has 0 aliphatic carbocycles. The van der Waals surface area contributed by atoms with Gasteiger partial charge in [-0.2, -0.15) is 0 Å². The zero-order valence-electron chi connectivity index (χ0n) is 19.8. The van der Waals surface area contributed by atoms with Gasteiger partial charge < -0.3 is 41.0 Å². The number of rotatable bonds is 13. The normalized spacial score (nSPS) is 11.0. The number of aromatic hydroxyl groups is 1. The van der Waals surface area contributed by atoms with Crippen molar-refractivity contribution >= 4 is 24.0 Å². The summed E-state index contributed by atoms with van der Waals surface area (Å²) in [4.78, 5) is 47.1. The molecule has 2 aromatic carbocycles. The number of carbonyl (C=O) groups is 4. The Morgan fingerprint density at radius 3 is 2.39 bits per heavy atom. The number of ether oxygens (including phenoxy) is 2. The van der Waals surface area contributed by atoms with Crippen molar-refractivity contribution < 1.29 is 38.9 Å². The molecule has 0 unspecified atom stereocenters. The second kappa shape index (κ2) is 14.7. The van der Waals surface area contributed by atoms with Crippen LogP contribution in [-0.2, 0) is 16.1 Å². The van der Waals surface area contributed by atoms with E-state index in [-0.39, 0.29) is 42.9 Å². The molecule has 0 aliphatic heterocycles. The van der Waals surface area contributed by atoms with Crippen LogP contribution in [0.5, 0.6) is 11.5 Å². The molecule has 1 atom stereocenters. The lowest BCUT2D eigenvalue weighted by molar-refractivity contribution is -0.139. The van der Waals surface area contributed by atoms with Crippen molar-refractivity contribution in [2.45, 2.75) is 25.9 Å². The number of urea groups is 1. The van der Waals surface area contributed by atoms with Crippen molar-refractivity contribution in [2.24, 2.45) is 0 Å². The molecule has 0 spiro atoms. The Morgan fingerprint density at radius 2 is 1.72 bits per heavy atom. The zero-order chi connectivity index (χ0) is 26.3. The number of hydrogen-bond donors (Lipinski definition) is 6. The SMILES string of the molecule is CCCOC(=O)N[C@@H](CNC(=O)c1ccc(OCCNC(=O)NCc2ccccc2)cc1O)C(=O)O. The van der Waals surface area contributed by atoms with Crippen LogP contribution in [0.3, 0.4) is 0 Å². The molecule has 12 nitrogen and oxygen atoms in total. The predicted octanol–water partition coefficient (Wildman–Crippen LogP) is 1.59. The molecule has 0 heterocycles. The lowest BCUT2D eigenvalue weighted by atomic mass is 10.1. The molecule has 194 valence electrons. The van der Waals surface area contributed by atoms with E-state index in [0.29, 0.717) is 13.0 Å². The van der Waals surface area contributed by atoms with Crippen LogP contribution >= 0.6 is 0 Å². The molecule has 0 aromatic heterocycles. The topological polar surface area (TPSA) is 175 Å². The summed E-state index contributed by atoms with van der Waals surface area (Å²) in [7, 11) is 0. The smallest absolute Gasteiger partial charge is 0.407 e. The Kier molecular flexibility index (Phi) is 11.3. The first-order chi connectivity index (χ1) is 17.3. The summed E-state index contributed by atoms with van der Waals surface area (Å²) in [5.74, 6) is -2.23. The van der Waals surface area contributed by atoms with E-state index in [4.69, 9.17) is 9.47 Å². The highest BCUT2D eigenvalue weighted by atomic mass is 16.5. The Balaban J connectivity index is 1.75. The van der Waals surface area contributed by atoms with E-state index in [9.17, 15) is 29.4 Å². The summed E-state index contributed by atoms with van der Waals surface area (Å²) in [6.45, 7) is 2.19. The third-order valence-electron chi connectivity index (χ3n) is 4.66. The van der Waals surface area contributed by atoms with Gasteiger partial charge in [-0.3, -0.25) is 4.79 Å². The lowest BCUT2D eigenvalue weighted by Gasteiger charge is -2.15. The number of aliphatic carboxylic acids is 1. The van der Waals surface area contributed by atoms with Gasteiger partial charge >= 0.3 is 18.1 Å². The molecule has 0 radical (unpaired) electrons. The molecule has 0 bridgehead atoms. The summed E-state index contributed by atoms with van der Waals surface area (Å²) in [5.41, 5.74) is 0.853. The predicted molar refractivity (Wildman–Crippen MR) is 129 cm³/mol. The Bertz CT molecular complexity index is 1030. The summed E-state index contributed by atoms with van der Waals surface area (Å²) in [6.07, 6.45) is -0.340. The fraction of sp³-hybridized carbons (Fsp3) is 0.333. The minimum Gasteiger partial charge on any atom is -0.507 e. The van der Waals surface area contributed by atoms with E-state index >= 15 is 0 Å². The molecule has 0 saturated heterocycles. The van der Waals surface area contributed by atoms with Gasteiger partial charge in [-0.05, 0) is 24.1 Å². The molecular weight excluding hydrogens is 472 g/mol. The van der Waals surface area contributed by atoms with Crippen molar-refractivity contribution in [3.05, 3.63) is 59.7 Å². The number of benzene rings is 2. The van der Waals surface area contributed by atoms with E-state index in [1.54, 1.807) is 6.92 Å². The van der Waals surface area contributed by atoms with Crippen molar-refractivity contribution in [3.8, 4) is 11.5 Å². The molecule has 0 aliphatic rings. The Morgan fingerprint density at radius 1 is 0.972 bits per heavy atom.